The number of rotatable bonds is 3. The van der Waals surface area contributed by atoms with Gasteiger partial charge in [-0.15, -0.1) is 0 Å². The van der Waals surface area contributed by atoms with Gasteiger partial charge in [0.15, 0.2) is 0 Å². The third kappa shape index (κ3) is 2.47. The van der Waals surface area contributed by atoms with E-state index in [4.69, 9.17) is 0 Å². The zero-order valence-corrected chi connectivity index (χ0v) is 14.7. The molecule has 0 spiro atoms. The first kappa shape index (κ1) is 16.4. The zero-order valence-electron chi connectivity index (χ0n) is 14.7. The van der Waals surface area contributed by atoms with E-state index in [0.29, 0.717) is 17.0 Å². The number of nitrogens with zero attached hydrogens (tertiary/aromatic N) is 2. The average molecular weight is 368 g/mol. The number of anilines is 1. The lowest BCUT2D eigenvalue weighted by atomic mass is 9.81. The van der Waals surface area contributed by atoms with Crippen LogP contribution in [0.15, 0.2) is 18.2 Å². The average Bonchev–Trinajstić information content (AvgIpc) is 2.80. The molecule has 4 aliphatic heterocycles. The molecular weight excluding hydrogens is 348 g/mol. The van der Waals surface area contributed by atoms with E-state index >= 15 is 0 Å². The molecule has 1 aromatic rings. The highest BCUT2D eigenvalue weighted by Gasteiger charge is 2.45. The summed E-state index contributed by atoms with van der Waals surface area (Å²) < 4.78 is 0. The van der Waals surface area contributed by atoms with Crippen molar-refractivity contribution in [3.05, 3.63) is 29.3 Å². The van der Waals surface area contributed by atoms with Crippen molar-refractivity contribution < 1.29 is 19.2 Å². The highest BCUT2D eigenvalue weighted by molar-refractivity contribution is 6.23. The quantitative estimate of drug-likeness (QED) is 0.714. The van der Waals surface area contributed by atoms with Crippen molar-refractivity contribution in [2.24, 2.45) is 11.8 Å². The second-order valence-corrected chi connectivity index (χ2v) is 7.76. The second kappa shape index (κ2) is 5.88. The summed E-state index contributed by atoms with van der Waals surface area (Å²) in [6.45, 7) is 4.08. The molecule has 4 aliphatic rings. The van der Waals surface area contributed by atoms with Crippen LogP contribution in [0.4, 0.5) is 5.69 Å². The number of piperidine rings is 1. The third-order valence-corrected chi connectivity index (χ3v) is 6.18. The Kier molecular flexibility index (Phi) is 3.58. The van der Waals surface area contributed by atoms with Crippen molar-refractivity contribution in [1.82, 2.24) is 15.5 Å². The fourth-order valence-corrected chi connectivity index (χ4v) is 4.32. The summed E-state index contributed by atoms with van der Waals surface area (Å²) >= 11 is 0. The molecular formula is C19H20N4O4. The molecule has 8 heteroatoms. The largest absolute Gasteiger partial charge is 0.371 e. The maximum absolute atomic E-state index is 12.9. The SMILES string of the molecule is O=C1CCC(N2C(=O)c3ccc(N4CC(C5CNC5)C4)cc3C2=O)C(=O)N1. The van der Waals surface area contributed by atoms with Gasteiger partial charge in [-0.2, -0.15) is 0 Å². The zero-order chi connectivity index (χ0) is 18.7. The Morgan fingerprint density at radius 2 is 1.67 bits per heavy atom. The first-order valence-electron chi connectivity index (χ1n) is 9.34. The number of imide groups is 2. The smallest absolute Gasteiger partial charge is 0.262 e. The van der Waals surface area contributed by atoms with Gasteiger partial charge in [-0.1, -0.05) is 0 Å². The minimum absolute atomic E-state index is 0.125. The molecule has 4 amide bonds. The predicted molar refractivity (Wildman–Crippen MR) is 95.2 cm³/mol. The molecule has 0 saturated carbocycles. The van der Waals surface area contributed by atoms with Crippen LogP contribution in [0.5, 0.6) is 0 Å². The third-order valence-electron chi connectivity index (χ3n) is 6.18. The topological polar surface area (TPSA) is 98.8 Å². The van der Waals surface area contributed by atoms with Crippen molar-refractivity contribution in [2.45, 2.75) is 18.9 Å². The van der Waals surface area contributed by atoms with E-state index in [1.54, 1.807) is 12.1 Å². The van der Waals surface area contributed by atoms with E-state index in [1.165, 1.54) is 0 Å². The minimum atomic E-state index is -0.918. The summed E-state index contributed by atoms with van der Waals surface area (Å²) in [4.78, 5) is 52.2. The molecule has 0 aromatic heterocycles. The van der Waals surface area contributed by atoms with Crippen molar-refractivity contribution in [3.8, 4) is 0 Å². The Morgan fingerprint density at radius 1 is 0.926 bits per heavy atom. The van der Waals surface area contributed by atoms with Gasteiger partial charge in [0.25, 0.3) is 11.8 Å². The van der Waals surface area contributed by atoms with Crippen LogP contribution >= 0.6 is 0 Å². The van der Waals surface area contributed by atoms with E-state index in [-0.39, 0.29) is 18.7 Å². The van der Waals surface area contributed by atoms with Gasteiger partial charge >= 0.3 is 0 Å². The molecule has 4 heterocycles. The van der Waals surface area contributed by atoms with Crippen molar-refractivity contribution in [3.63, 3.8) is 0 Å². The molecule has 3 fully saturated rings. The van der Waals surface area contributed by atoms with Crippen LogP contribution in [0.2, 0.25) is 0 Å². The molecule has 140 valence electrons. The Balaban J connectivity index is 1.35. The summed E-state index contributed by atoms with van der Waals surface area (Å²) in [5, 5.41) is 5.50. The van der Waals surface area contributed by atoms with Gasteiger partial charge in [-0.25, -0.2) is 0 Å². The number of carbonyl (C=O) groups is 4. The van der Waals surface area contributed by atoms with Gasteiger partial charge in [0.2, 0.25) is 11.8 Å². The lowest BCUT2D eigenvalue weighted by Gasteiger charge is -2.48. The number of benzene rings is 1. The summed E-state index contributed by atoms with van der Waals surface area (Å²) in [5.41, 5.74) is 1.60. The van der Waals surface area contributed by atoms with Gasteiger partial charge < -0.3 is 10.2 Å². The van der Waals surface area contributed by atoms with Crippen molar-refractivity contribution in [2.75, 3.05) is 31.1 Å². The van der Waals surface area contributed by atoms with E-state index in [9.17, 15) is 19.2 Å². The molecule has 27 heavy (non-hydrogen) atoms. The lowest BCUT2D eigenvalue weighted by molar-refractivity contribution is -0.136. The maximum Gasteiger partial charge on any atom is 0.262 e. The minimum Gasteiger partial charge on any atom is -0.371 e. The standard InChI is InChI=1S/C19H20N4O4/c24-16-4-3-15(17(25)21-16)23-18(26)13-2-1-12(5-14(13)19(23)27)22-8-11(9-22)10-6-20-7-10/h1-2,5,10-11,15,20H,3-4,6-9H2,(H,21,24,25). The Bertz CT molecular complexity index is 872. The number of nitrogens with one attached hydrogen (secondary N) is 2. The van der Waals surface area contributed by atoms with Crippen LogP contribution in [-0.2, 0) is 9.59 Å². The first-order chi connectivity index (χ1) is 13.0. The van der Waals surface area contributed by atoms with Gasteiger partial charge in [-0.05, 0) is 49.5 Å². The normalized spacial score (nSPS) is 26.0. The predicted octanol–water partition coefficient (Wildman–Crippen LogP) is -0.257. The number of fused-ring (bicyclic) bond motifs is 1. The molecule has 3 saturated heterocycles. The van der Waals surface area contributed by atoms with Gasteiger partial charge in [0, 0.05) is 25.2 Å². The van der Waals surface area contributed by atoms with Crippen molar-refractivity contribution >= 4 is 29.3 Å². The van der Waals surface area contributed by atoms with Crippen LogP contribution in [0.25, 0.3) is 0 Å². The van der Waals surface area contributed by atoms with Crippen LogP contribution in [0.1, 0.15) is 33.6 Å². The summed E-state index contributed by atoms with van der Waals surface area (Å²) in [7, 11) is 0. The van der Waals surface area contributed by atoms with Crippen molar-refractivity contribution in [1.29, 1.82) is 0 Å². The second-order valence-electron chi connectivity index (χ2n) is 7.76. The fourth-order valence-electron chi connectivity index (χ4n) is 4.32. The number of hydrogen-bond acceptors (Lipinski definition) is 6. The van der Waals surface area contributed by atoms with Crippen LogP contribution in [0.3, 0.4) is 0 Å². The Labute approximate surface area is 155 Å². The molecule has 1 unspecified atom stereocenters. The van der Waals surface area contributed by atoms with Gasteiger partial charge in [-0.3, -0.25) is 29.4 Å². The van der Waals surface area contributed by atoms with Gasteiger partial charge in [0.1, 0.15) is 6.04 Å². The van der Waals surface area contributed by atoms with Gasteiger partial charge in [0.05, 0.1) is 11.1 Å². The molecule has 8 nitrogen and oxygen atoms in total. The first-order valence-corrected chi connectivity index (χ1v) is 9.34. The molecule has 0 radical (unpaired) electrons. The summed E-state index contributed by atoms with van der Waals surface area (Å²) in [6.07, 6.45) is 0.298. The van der Waals surface area contributed by atoms with Crippen LogP contribution in [0, 0.1) is 11.8 Å². The fraction of sp³-hybridized carbons (Fsp3) is 0.474. The lowest BCUT2D eigenvalue weighted by Crippen LogP contribution is -2.58. The Hall–Kier alpha value is -2.74. The van der Waals surface area contributed by atoms with Crippen LogP contribution < -0.4 is 15.5 Å². The summed E-state index contributed by atoms with van der Waals surface area (Å²) in [5.74, 6) is -0.451. The van der Waals surface area contributed by atoms with E-state index in [0.717, 1.165) is 42.7 Å². The van der Waals surface area contributed by atoms with E-state index < -0.39 is 23.8 Å². The monoisotopic (exact) mass is 368 g/mol. The number of amides is 4. The van der Waals surface area contributed by atoms with Crippen LogP contribution in [-0.4, -0.2) is 60.7 Å². The highest BCUT2D eigenvalue weighted by Crippen LogP contribution is 2.35. The molecule has 0 aliphatic carbocycles. The molecule has 5 rings (SSSR count). The Morgan fingerprint density at radius 3 is 2.33 bits per heavy atom. The maximum atomic E-state index is 12.9. The highest BCUT2D eigenvalue weighted by atomic mass is 16.2. The number of carbonyl (C=O) groups excluding carboxylic acids is 4. The molecule has 1 atom stereocenters. The summed E-state index contributed by atoms with van der Waals surface area (Å²) in [6, 6.07) is 4.39. The molecule has 0 bridgehead atoms. The molecule has 1 aromatic carbocycles. The van der Waals surface area contributed by atoms with E-state index in [2.05, 4.69) is 15.5 Å². The van der Waals surface area contributed by atoms with E-state index in [1.807, 2.05) is 6.07 Å². The number of hydrogen-bond donors (Lipinski definition) is 2. The molecule has 2 N–H and O–H groups in total.